The van der Waals surface area contributed by atoms with Crippen molar-refractivity contribution in [3.8, 4) is 0 Å². The Morgan fingerprint density at radius 3 is 2.45 bits per heavy atom. The maximum absolute atomic E-state index is 3.46. The molecule has 1 aromatic rings. The van der Waals surface area contributed by atoms with Gasteiger partial charge in [-0.2, -0.15) is 0 Å². The second kappa shape index (κ2) is 6.17. The number of nitrogens with zero attached hydrogens (tertiary/aromatic N) is 1. The van der Waals surface area contributed by atoms with Gasteiger partial charge in [-0.15, -0.1) is 0 Å². The van der Waals surface area contributed by atoms with Crippen molar-refractivity contribution >= 4 is 5.69 Å². The largest absolute Gasteiger partial charge is 0.370 e. The van der Waals surface area contributed by atoms with Crippen LogP contribution >= 0.6 is 0 Å². The Morgan fingerprint density at radius 2 is 1.75 bits per heavy atom. The lowest BCUT2D eigenvalue weighted by Crippen LogP contribution is -2.56. The van der Waals surface area contributed by atoms with Crippen LogP contribution in [0, 0.1) is 5.41 Å². The summed E-state index contributed by atoms with van der Waals surface area (Å²) >= 11 is 0. The molecule has 0 atom stereocenters. The summed E-state index contributed by atoms with van der Waals surface area (Å²) in [6, 6.07) is 8.92. The van der Waals surface area contributed by atoms with Gasteiger partial charge in [0.1, 0.15) is 0 Å². The fourth-order valence-corrected chi connectivity index (χ4v) is 3.96. The normalized spacial score (nSPS) is 21.6. The first-order valence-corrected chi connectivity index (χ1v) is 8.37. The lowest BCUT2D eigenvalue weighted by atomic mass is 9.73. The van der Waals surface area contributed by atoms with Crippen LogP contribution in [-0.2, 0) is 6.54 Å². The fraction of sp³-hybridized carbons (Fsp3) is 0.667. The highest BCUT2D eigenvalue weighted by atomic mass is 15.2. The van der Waals surface area contributed by atoms with Crippen molar-refractivity contribution in [3.63, 3.8) is 0 Å². The second-order valence-electron chi connectivity index (χ2n) is 6.68. The van der Waals surface area contributed by atoms with Gasteiger partial charge in [0.25, 0.3) is 0 Å². The molecule has 0 aromatic heterocycles. The molecule has 3 rings (SSSR count). The van der Waals surface area contributed by atoms with Crippen LogP contribution in [0.4, 0.5) is 5.69 Å². The van der Waals surface area contributed by atoms with Gasteiger partial charge in [0.2, 0.25) is 0 Å². The number of benzene rings is 1. The maximum Gasteiger partial charge on any atom is 0.0412 e. The summed E-state index contributed by atoms with van der Waals surface area (Å²) in [7, 11) is 0. The molecule has 1 aromatic carbocycles. The number of hydrogen-bond donors (Lipinski definition) is 1. The molecule has 1 aliphatic heterocycles. The highest BCUT2D eigenvalue weighted by molar-refractivity contribution is 5.56. The van der Waals surface area contributed by atoms with E-state index in [4.69, 9.17) is 0 Å². The molecule has 1 aliphatic carbocycles. The van der Waals surface area contributed by atoms with E-state index in [9.17, 15) is 0 Å². The summed E-state index contributed by atoms with van der Waals surface area (Å²) in [4.78, 5) is 2.61. The predicted molar refractivity (Wildman–Crippen MR) is 86.2 cm³/mol. The summed E-state index contributed by atoms with van der Waals surface area (Å²) in [5.41, 5.74) is 3.57. The molecular formula is C18H28N2. The van der Waals surface area contributed by atoms with Crippen molar-refractivity contribution in [3.05, 3.63) is 29.8 Å². The Morgan fingerprint density at radius 1 is 1.05 bits per heavy atom. The van der Waals surface area contributed by atoms with Gasteiger partial charge in [0.05, 0.1) is 0 Å². The van der Waals surface area contributed by atoms with E-state index >= 15 is 0 Å². The van der Waals surface area contributed by atoms with Gasteiger partial charge in [-0.05, 0) is 31.0 Å². The highest BCUT2D eigenvalue weighted by Gasteiger charge is 2.42. The first-order chi connectivity index (χ1) is 9.83. The molecule has 2 fully saturated rings. The average Bonchev–Trinajstić information content (AvgIpc) is 2.70. The monoisotopic (exact) mass is 272 g/mol. The van der Waals surface area contributed by atoms with Crippen molar-refractivity contribution in [1.29, 1.82) is 0 Å². The number of hydrogen-bond acceptors (Lipinski definition) is 2. The number of para-hydroxylation sites is 1. The predicted octanol–water partition coefficient (Wildman–Crippen LogP) is 3.96. The number of nitrogens with one attached hydrogen (secondary N) is 1. The molecule has 20 heavy (non-hydrogen) atoms. The molecule has 1 saturated carbocycles. The minimum Gasteiger partial charge on any atom is -0.370 e. The van der Waals surface area contributed by atoms with Crippen molar-refractivity contribution in [2.45, 2.75) is 52.0 Å². The van der Waals surface area contributed by atoms with Gasteiger partial charge in [-0.3, -0.25) is 0 Å². The summed E-state index contributed by atoms with van der Waals surface area (Å²) < 4.78 is 0. The topological polar surface area (TPSA) is 15.3 Å². The van der Waals surface area contributed by atoms with E-state index in [-0.39, 0.29) is 0 Å². The number of anilines is 1. The van der Waals surface area contributed by atoms with Gasteiger partial charge in [0.15, 0.2) is 0 Å². The number of rotatable bonds is 4. The van der Waals surface area contributed by atoms with Crippen molar-refractivity contribution in [2.24, 2.45) is 5.41 Å². The van der Waals surface area contributed by atoms with Crippen LogP contribution in [0.3, 0.4) is 0 Å². The third-order valence-electron chi connectivity index (χ3n) is 5.11. The quantitative estimate of drug-likeness (QED) is 0.892. The van der Waals surface area contributed by atoms with Crippen LogP contribution < -0.4 is 10.2 Å². The molecule has 1 spiro atoms. The molecule has 1 heterocycles. The molecule has 2 nitrogen and oxygen atoms in total. The third kappa shape index (κ3) is 2.85. The van der Waals surface area contributed by atoms with Crippen LogP contribution in [0.25, 0.3) is 0 Å². The van der Waals surface area contributed by atoms with E-state index in [0.717, 1.165) is 13.1 Å². The van der Waals surface area contributed by atoms with E-state index in [1.54, 1.807) is 0 Å². The van der Waals surface area contributed by atoms with E-state index in [2.05, 4.69) is 41.4 Å². The van der Waals surface area contributed by atoms with Crippen molar-refractivity contribution in [1.82, 2.24) is 5.32 Å². The first kappa shape index (κ1) is 13.9. The van der Waals surface area contributed by atoms with Gasteiger partial charge in [-0.1, -0.05) is 50.8 Å². The molecule has 0 unspecified atom stereocenters. The zero-order valence-electron chi connectivity index (χ0n) is 12.8. The molecule has 2 heteroatoms. The molecule has 0 bridgehead atoms. The highest BCUT2D eigenvalue weighted by Crippen LogP contribution is 2.45. The standard InChI is InChI=1S/C18H28N2/c1-2-19-13-16-9-5-6-10-17(16)20-14-18(15-20)11-7-3-4-8-12-18/h5-6,9-10,19H,2-4,7-8,11-15H2,1H3. The maximum atomic E-state index is 3.46. The van der Waals surface area contributed by atoms with Crippen LogP contribution in [-0.4, -0.2) is 19.6 Å². The average molecular weight is 272 g/mol. The minimum absolute atomic E-state index is 0.655. The van der Waals surface area contributed by atoms with Crippen LogP contribution in [0.1, 0.15) is 51.0 Å². The lowest BCUT2D eigenvalue weighted by Gasteiger charge is -2.52. The van der Waals surface area contributed by atoms with Crippen LogP contribution in [0.5, 0.6) is 0 Å². The van der Waals surface area contributed by atoms with E-state index < -0.39 is 0 Å². The minimum atomic E-state index is 0.655. The van der Waals surface area contributed by atoms with Crippen molar-refractivity contribution < 1.29 is 0 Å². The van der Waals surface area contributed by atoms with Crippen molar-refractivity contribution in [2.75, 3.05) is 24.5 Å². The zero-order valence-corrected chi connectivity index (χ0v) is 12.8. The van der Waals surface area contributed by atoms with Gasteiger partial charge < -0.3 is 10.2 Å². The Balaban J connectivity index is 1.66. The molecule has 0 amide bonds. The molecule has 0 radical (unpaired) electrons. The zero-order chi connectivity index (χ0) is 13.8. The summed E-state index contributed by atoms with van der Waals surface area (Å²) in [5.74, 6) is 0. The smallest absolute Gasteiger partial charge is 0.0412 e. The van der Waals surface area contributed by atoms with E-state index in [1.807, 2.05) is 0 Å². The molecular weight excluding hydrogens is 244 g/mol. The first-order valence-electron chi connectivity index (χ1n) is 8.37. The van der Waals surface area contributed by atoms with Gasteiger partial charge >= 0.3 is 0 Å². The van der Waals surface area contributed by atoms with E-state index in [0.29, 0.717) is 5.41 Å². The van der Waals surface area contributed by atoms with E-state index in [1.165, 1.54) is 62.9 Å². The Hall–Kier alpha value is -1.02. The molecule has 1 saturated heterocycles. The summed E-state index contributed by atoms with van der Waals surface area (Å²) in [5, 5.41) is 3.46. The molecule has 1 N–H and O–H groups in total. The van der Waals surface area contributed by atoms with Crippen LogP contribution in [0.2, 0.25) is 0 Å². The summed E-state index contributed by atoms with van der Waals surface area (Å²) in [6.45, 7) is 6.79. The molecule has 110 valence electrons. The Labute approximate surface area is 123 Å². The third-order valence-corrected chi connectivity index (χ3v) is 5.11. The van der Waals surface area contributed by atoms with Gasteiger partial charge in [-0.25, -0.2) is 0 Å². The second-order valence-corrected chi connectivity index (χ2v) is 6.68. The molecule has 2 aliphatic rings. The van der Waals surface area contributed by atoms with Gasteiger partial charge in [0, 0.05) is 30.7 Å². The summed E-state index contributed by atoms with van der Waals surface area (Å²) in [6.07, 6.45) is 8.73. The SMILES string of the molecule is CCNCc1ccccc1N1CC2(CCCCCC2)C1. The lowest BCUT2D eigenvalue weighted by molar-refractivity contribution is 0.180. The van der Waals surface area contributed by atoms with Crippen LogP contribution in [0.15, 0.2) is 24.3 Å². The fourth-order valence-electron chi connectivity index (χ4n) is 3.96. The Bertz CT molecular complexity index is 425. The Kier molecular flexibility index (Phi) is 4.30.